The molecule has 0 saturated carbocycles. The van der Waals surface area contributed by atoms with Crippen molar-refractivity contribution in [2.45, 2.75) is 32.6 Å². The van der Waals surface area contributed by atoms with Crippen molar-refractivity contribution >= 4 is 21.8 Å². The van der Waals surface area contributed by atoms with Crippen molar-refractivity contribution in [3.8, 4) is 0 Å². The first-order chi connectivity index (χ1) is 11.1. The van der Waals surface area contributed by atoms with Gasteiger partial charge in [-0.3, -0.25) is 14.5 Å². The molecule has 0 unspecified atom stereocenters. The van der Waals surface area contributed by atoms with Crippen LogP contribution in [0.3, 0.4) is 0 Å². The van der Waals surface area contributed by atoms with Crippen LogP contribution < -0.4 is 0 Å². The average molecular weight is 352 g/mol. The highest BCUT2D eigenvalue weighted by Gasteiger charge is 2.35. The van der Waals surface area contributed by atoms with E-state index >= 15 is 0 Å². The molecule has 1 aliphatic heterocycles. The molecule has 0 spiro atoms. The average Bonchev–Trinajstić information content (AvgIpc) is 2.70. The first kappa shape index (κ1) is 18.6. The van der Waals surface area contributed by atoms with E-state index in [9.17, 15) is 18.0 Å². The van der Waals surface area contributed by atoms with Crippen LogP contribution in [0.2, 0.25) is 0 Å². The Kier molecular flexibility index (Phi) is 5.15. The van der Waals surface area contributed by atoms with Crippen LogP contribution in [0.5, 0.6) is 0 Å². The second-order valence-corrected chi connectivity index (χ2v) is 8.92. The molecule has 0 aromatic heterocycles. The van der Waals surface area contributed by atoms with Crippen LogP contribution >= 0.6 is 0 Å². The molecule has 0 bridgehead atoms. The van der Waals surface area contributed by atoms with Crippen LogP contribution in [0.1, 0.15) is 48.4 Å². The van der Waals surface area contributed by atoms with Crippen LogP contribution in [0.4, 0.5) is 0 Å². The predicted octanol–water partition coefficient (Wildman–Crippen LogP) is 2.22. The highest BCUT2D eigenvalue weighted by atomic mass is 32.2. The number of hydrogen-bond donors (Lipinski definition) is 0. The zero-order chi connectivity index (χ0) is 18.2. The van der Waals surface area contributed by atoms with E-state index in [0.717, 1.165) is 4.90 Å². The van der Waals surface area contributed by atoms with Gasteiger partial charge in [0.1, 0.15) is 0 Å². The van der Waals surface area contributed by atoms with Crippen molar-refractivity contribution in [1.82, 2.24) is 9.21 Å². The fourth-order valence-corrected chi connectivity index (χ4v) is 4.53. The summed E-state index contributed by atoms with van der Waals surface area (Å²) >= 11 is 0. The Morgan fingerprint density at radius 3 is 1.96 bits per heavy atom. The summed E-state index contributed by atoms with van der Waals surface area (Å²) < 4.78 is 27.4. The molecule has 2 amide bonds. The lowest BCUT2D eigenvalue weighted by Crippen LogP contribution is -2.37. The summed E-state index contributed by atoms with van der Waals surface area (Å²) in [5.74, 6) is -0.504. The molecule has 7 heteroatoms. The molecule has 6 nitrogen and oxygen atoms in total. The zero-order valence-electron chi connectivity index (χ0n) is 14.7. The standard InChI is InChI=1S/C17H24N2O4S/c1-11(2)9-19(10-12(3)4)24(22,23)13-6-7-14-15(8-13)17(21)18(5)16(14)20/h6-8,11-12H,9-10H2,1-5H3. The Hall–Kier alpha value is -1.73. The Morgan fingerprint density at radius 1 is 0.958 bits per heavy atom. The lowest BCUT2D eigenvalue weighted by Gasteiger charge is -2.25. The quantitative estimate of drug-likeness (QED) is 0.736. The topological polar surface area (TPSA) is 74.8 Å². The fourth-order valence-electron chi connectivity index (χ4n) is 2.74. The van der Waals surface area contributed by atoms with Crippen molar-refractivity contribution in [1.29, 1.82) is 0 Å². The number of hydrogen-bond acceptors (Lipinski definition) is 4. The van der Waals surface area contributed by atoms with Gasteiger partial charge in [0.15, 0.2) is 0 Å². The molecule has 24 heavy (non-hydrogen) atoms. The molecule has 1 aromatic rings. The van der Waals surface area contributed by atoms with E-state index < -0.39 is 21.8 Å². The second-order valence-electron chi connectivity index (χ2n) is 6.99. The number of carbonyl (C=O) groups excluding carboxylic acids is 2. The van der Waals surface area contributed by atoms with Crippen LogP contribution in [0.15, 0.2) is 23.1 Å². The molecule has 0 saturated heterocycles. The molecule has 1 aliphatic rings. The van der Waals surface area contributed by atoms with Crippen molar-refractivity contribution in [2.24, 2.45) is 11.8 Å². The highest BCUT2D eigenvalue weighted by molar-refractivity contribution is 7.89. The highest BCUT2D eigenvalue weighted by Crippen LogP contribution is 2.26. The van der Waals surface area contributed by atoms with E-state index in [1.165, 1.54) is 29.6 Å². The van der Waals surface area contributed by atoms with E-state index in [4.69, 9.17) is 0 Å². The Balaban J connectivity index is 2.46. The van der Waals surface area contributed by atoms with Crippen molar-refractivity contribution in [3.05, 3.63) is 29.3 Å². The summed E-state index contributed by atoms with van der Waals surface area (Å²) in [5.41, 5.74) is 0.401. The van der Waals surface area contributed by atoms with Crippen molar-refractivity contribution in [3.63, 3.8) is 0 Å². The number of sulfonamides is 1. The summed E-state index contributed by atoms with van der Waals surface area (Å²) in [6.45, 7) is 8.66. The number of rotatable bonds is 6. The van der Waals surface area contributed by atoms with E-state index in [1.54, 1.807) is 0 Å². The maximum absolute atomic E-state index is 13.0. The normalized spacial score (nSPS) is 15.1. The number of carbonyl (C=O) groups is 2. The lowest BCUT2D eigenvalue weighted by molar-refractivity contribution is 0.0693. The van der Waals surface area contributed by atoms with Gasteiger partial charge in [0, 0.05) is 20.1 Å². The van der Waals surface area contributed by atoms with Crippen LogP contribution in [0, 0.1) is 11.8 Å². The van der Waals surface area contributed by atoms with E-state index in [2.05, 4.69) is 0 Å². The van der Waals surface area contributed by atoms with Crippen LogP contribution in [0.25, 0.3) is 0 Å². The van der Waals surface area contributed by atoms with Gasteiger partial charge in [-0.15, -0.1) is 0 Å². The van der Waals surface area contributed by atoms with Gasteiger partial charge in [-0.2, -0.15) is 4.31 Å². The zero-order valence-corrected chi connectivity index (χ0v) is 15.6. The minimum absolute atomic E-state index is 0.0546. The van der Waals surface area contributed by atoms with Gasteiger partial charge in [0.05, 0.1) is 16.0 Å². The third-order valence-corrected chi connectivity index (χ3v) is 5.66. The number of amides is 2. The Labute approximate surface area is 143 Å². The molecule has 1 aromatic carbocycles. The SMILES string of the molecule is CC(C)CN(CC(C)C)S(=O)(=O)c1ccc2c(c1)C(=O)N(C)C2=O. The summed E-state index contributed by atoms with van der Waals surface area (Å²) in [4.78, 5) is 25.1. The molecule has 0 N–H and O–H groups in total. The van der Waals surface area contributed by atoms with Crippen LogP contribution in [-0.4, -0.2) is 49.6 Å². The van der Waals surface area contributed by atoms with Gasteiger partial charge >= 0.3 is 0 Å². The summed E-state index contributed by atoms with van der Waals surface area (Å²) in [6, 6.07) is 4.16. The molecule has 132 valence electrons. The minimum Gasteiger partial charge on any atom is -0.277 e. The Bertz CT molecular complexity index is 759. The van der Waals surface area contributed by atoms with E-state index in [-0.39, 0.29) is 27.9 Å². The molecule has 0 aliphatic carbocycles. The van der Waals surface area contributed by atoms with Gasteiger partial charge in [-0.1, -0.05) is 27.7 Å². The van der Waals surface area contributed by atoms with Crippen molar-refractivity contribution in [2.75, 3.05) is 20.1 Å². The summed E-state index contributed by atoms with van der Waals surface area (Å²) in [7, 11) is -2.33. The van der Waals surface area contributed by atoms with E-state index in [1.807, 2.05) is 27.7 Å². The summed E-state index contributed by atoms with van der Waals surface area (Å²) in [5, 5.41) is 0. The molecule has 0 fully saturated rings. The lowest BCUT2D eigenvalue weighted by atomic mass is 10.1. The molecule has 0 atom stereocenters. The van der Waals surface area contributed by atoms with Gasteiger partial charge in [0.25, 0.3) is 11.8 Å². The van der Waals surface area contributed by atoms with Gasteiger partial charge < -0.3 is 0 Å². The van der Waals surface area contributed by atoms with Gasteiger partial charge in [0.2, 0.25) is 10.0 Å². The molecule has 2 rings (SSSR count). The summed E-state index contributed by atoms with van der Waals surface area (Å²) in [6.07, 6.45) is 0. The number of fused-ring (bicyclic) bond motifs is 1. The first-order valence-electron chi connectivity index (χ1n) is 8.02. The largest absolute Gasteiger partial charge is 0.277 e. The smallest absolute Gasteiger partial charge is 0.261 e. The maximum Gasteiger partial charge on any atom is 0.261 e. The molecule has 0 radical (unpaired) electrons. The number of nitrogens with zero attached hydrogens (tertiary/aromatic N) is 2. The van der Waals surface area contributed by atoms with E-state index in [0.29, 0.717) is 13.1 Å². The minimum atomic E-state index is -3.72. The van der Waals surface area contributed by atoms with Gasteiger partial charge in [-0.05, 0) is 30.0 Å². The number of benzene rings is 1. The Morgan fingerprint density at radius 2 is 1.46 bits per heavy atom. The monoisotopic (exact) mass is 352 g/mol. The van der Waals surface area contributed by atoms with Crippen LogP contribution in [-0.2, 0) is 10.0 Å². The maximum atomic E-state index is 13.0. The second kappa shape index (κ2) is 6.64. The predicted molar refractivity (Wildman–Crippen MR) is 91.3 cm³/mol. The van der Waals surface area contributed by atoms with Gasteiger partial charge in [-0.25, -0.2) is 8.42 Å². The molecular formula is C17H24N2O4S. The number of imide groups is 1. The van der Waals surface area contributed by atoms with Crippen molar-refractivity contribution < 1.29 is 18.0 Å². The third kappa shape index (κ3) is 3.37. The fraction of sp³-hybridized carbons (Fsp3) is 0.529. The first-order valence-corrected chi connectivity index (χ1v) is 9.46. The molecule has 1 heterocycles. The third-order valence-electron chi connectivity index (χ3n) is 3.84. The molecular weight excluding hydrogens is 328 g/mol.